The zero-order chi connectivity index (χ0) is 22.6. The number of carbonyl (C=O) groups is 1. The molecule has 2 aromatic rings. The van der Waals surface area contributed by atoms with Crippen LogP contribution in [0.2, 0.25) is 0 Å². The van der Waals surface area contributed by atoms with E-state index in [0.717, 1.165) is 43.2 Å². The summed E-state index contributed by atoms with van der Waals surface area (Å²) < 4.78 is 5.50. The molecule has 0 fully saturated rings. The molecular weight excluding hydrogens is 404 g/mol. The van der Waals surface area contributed by atoms with E-state index in [0.29, 0.717) is 12.4 Å². The highest BCUT2D eigenvalue weighted by Gasteiger charge is 2.21. The van der Waals surface area contributed by atoms with Gasteiger partial charge in [0.25, 0.3) is 0 Å². The molecule has 2 atom stereocenters. The molecule has 6 nitrogen and oxygen atoms in total. The van der Waals surface area contributed by atoms with E-state index in [-0.39, 0.29) is 18.6 Å². The van der Waals surface area contributed by atoms with Gasteiger partial charge in [0.05, 0.1) is 12.6 Å². The summed E-state index contributed by atoms with van der Waals surface area (Å²) in [5, 5.41) is 8.91. The van der Waals surface area contributed by atoms with Crippen LogP contribution in [-0.4, -0.2) is 29.3 Å². The summed E-state index contributed by atoms with van der Waals surface area (Å²) in [6, 6.07) is 10.1. The molecule has 2 N–H and O–H groups in total. The number of allylic oxidation sites excluding steroid dienone is 1. The lowest BCUT2D eigenvalue weighted by molar-refractivity contribution is -0.139. The highest BCUT2D eigenvalue weighted by Crippen LogP contribution is 2.37. The van der Waals surface area contributed by atoms with Crippen LogP contribution in [0.5, 0.6) is 5.75 Å². The zero-order valence-corrected chi connectivity index (χ0v) is 18.8. The van der Waals surface area contributed by atoms with E-state index in [1.165, 1.54) is 18.4 Å². The van der Waals surface area contributed by atoms with Gasteiger partial charge in [-0.05, 0) is 54.5 Å². The maximum atomic E-state index is 10.9. The molecule has 0 aliphatic heterocycles. The van der Waals surface area contributed by atoms with E-state index < -0.39 is 5.97 Å². The van der Waals surface area contributed by atoms with Crippen LogP contribution in [0.1, 0.15) is 74.1 Å². The number of rotatable bonds is 13. The quantitative estimate of drug-likeness (QED) is 0.249. The molecule has 1 aliphatic rings. The smallest absolute Gasteiger partial charge is 0.341 e. The van der Waals surface area contributed by atoms with Crippen LogP contribution < -0.4 is 10.2 Å². The minimum Gasteiger partial charge on any atom is -0.482 e. The third kappa shape index (κ3) is 7.18. The van der Waals surface area contributed by atoms with E-state index in [9.17, 15) is 4.79 Å². The molecule has 0 bridgehead atoms. The van der Waals surface area contributed by atoms with Gasteiger partial charge in [-0.3, -0.25) is 9.82 Å². The zero-order valence-electron chi connectivity index (χ0n) is 18.8. The Labute approximate surface area is 190 Å². The molecule has 32 heavy (non-hydrogen) atoms. The van der Waals surface area contributed by atoms with Gasteiger partial charge >= 0.3 is 5.97 Å². The second kappa shape index (κ2) is 13.0. The molecule has 1 heterocycles. The average molecular weight is 439 g/mol. The third-order valence-electron chi connectivity index (χ3n) is 5.82. The number of hydrogen-bond acceptors (Lipinski definition) is 5. The molecule has 2 unspecified atom stereocenters. The maximum absolute atomic E-state index is 10.9. The molecule has 0 spiro atoms. The minimum absolute atomic E-state index is 0.132. The minimum atomic E-state index is -0.959. The maximum Gasteiger partial charge on any atom is 0.341 e. The number of hydrogen-bond donors (Lipinski definition) is 2. The summed E-state index contributed by atoms with van der Waals surface area (Å²) in [5.41, 5.74) is 6.71. The molecule has 1 aliphatic carbocycles. The topological polar surface area (TPSA) is 80.7 Å². The van der Waals surface area contributed by atoms with Gasteiger partial charge < -0.3 is 9.84 Å². The fourth-order valence-electron chi connectivity index (χ4n) is 4.22. The number of nitrogens with zero attached hydrogens (tertiary/aromatic N) is 1. The molecule has 1 aromatic carbocycles. The van der Waals surface area contributed by atoms with Crippen molar-refractivity contribution in [1.29, 1.82) is 0 Å². The second-order valence-corrected chi connectivity index (χ2v) is 8.20. The first-order valence-electron chi connectivity index (χ1n) is 11.6. The van der Waals surface area contributed by atoms with Crippen molar-refractivity contribution in [3.05, 3.63) is 71.6 Å². The van der Waals surface area contributed by atoms with E-state index in [1.807, 2.05) is 24.4 Å². The predicted octanol–water partition coefficient (Wildman–Crippen LogP) is 5.36. The first-order chi connectivity index (χ1) is 15.7. The summed E-state index contributed by atoms with van der Waals surface area (Å²) in [6.45, 7) is 2.37. The summed E-state index contributed by atoms with van der Waals surface area (Å²) in [5.74, 6) is 0.0144. The number of aliphatic carboxylic acids is 1. The van der Waals surface area contributed by atoms with Gasteiger partial charge in [-0.1, -0.05) is 56.5 Å². The van der Waals surface area contributed by atoms with Gasteiger partial charge in [-0.25, -0.2) is 4.79 Å². The highest BCUT2D eigenvalue weighted by atomic mass is 16.6. The van der Waals surface area contributed by atoms with E-state index in [2.05, 4.69) is 41.7 Å². The van der Waals surface area contributed by atoms with Crippen molar-refractivity contribution in [2.24, 2.45) is 0 Å². The number of benzene rings is 1. The van der Waals surface area contributed by atoms with Crippen molar-refractivity contribution in [3.8, 4) is 5.75 Å². The van der Waals surface area contributed by atoms with Crippen LogP contribution in [0.3, 0.4) is 0 Å². The lowest BCUT2D eigenvalue weighted by Gasteiger charge is -2.25. The Morgan fingerprint density at radius 3 is 3.00 bits per heavy atom. The normalized spacial score (nSPS) is 16.6. The molecule has 0 radical (unpaired) electrons. The van der Waals surface area contributed by atoms with Gasteiger partial charge in [-0.15, -0.1) is 0 Å². The SMILES string of the molecule is CCCCCC(NOC/C=C/C1CCCc2c(OCC(=O)O)cccc21)c1cccnc1. The van der Waals surface area contributed by atoms with E-state index in [4.69, 9.17) is 14.7 Å². The fraction of sp³-hybridized carbons (Fsp3) is 0.462. The largest absolute Gasteiger partial charge is 0.482 e. The van der Waals surface area contributed by atoms with Gasteiger partial charge in [-0.2, -0.15) is 5.48 Å². The fourth-order valence-corrected chi connectivity index (χ4v) is 4.22. The van der Waals surface area contributed by atoms with Crippen molar-refractivity contribution in [2.45, 2.75) is 63.8 Å². The Balaban J connectivity index is 1.55. The first-order valence-corrected chi connectivity index (χ1v) is 11.6. The predicted molar refractivity (Wildman–Crippen MR) is 125 cm³/mol. The highest BCUT2D eigenvalue weighted by molar-refractivity contribution is 5.68. The summed E-state index contributed by atoms with van der Waals surface area (Å²) in [6.07, 6.45) is 15.5. The van der Waals surface area contributed by atoms with Crippen LogP contribution >= 0.6 is 0 Å². The number of hydroxylamine groups is 1. The molecule has 0 saturated carbocycles. The third-order valence-corrected chi connectivity index (χ3v) is 5.82. The van der Waals surface area contributed by atoms with Crippen LogP contribution in [0.15, 0.2) is 54.9 Å². The molecule has 3 rings (SSSR count). The van der Waals surface area contributed by atoms with Crippen LogP contribution in [-0.2, 0) is 16.1 Å². The number of aromatic nitrogens is 1. The lowest BCUT2D eigenvalue weighted by atomic mass is 9.82. The van der Waals surface area contributed by atoms with Crippen LogP contribution in [0.25, 0.3) is 0 Å². The Morgan fingerprint density at radius 2 is 2.22 bits per heavy atom. The van der Waals surface area contributed by atoms with Crippen molar-refractivity contribution < 1.29 is 19.5 Å². The Hall–Kier alpha value is -2.70. The Bertz CT molecular complexity index is 869. The number of pyridine rings is 1. The van der Waals surface area contributed by atoms with E-state index in [1.54, 1.807) is 6.20 Å². The van der Waals surface area contributed by atoms with Crippen LogP contribution in [0.4, 0.5) is 0 Å². The Kier molecular flexibility index (Phi) is 9.72. The van der Waals surface area contributed by atoms with Crippen molar-refractivity contribution in [1.82, 2.24) is 10.5 Å². The number of unbranched alkanes of at least 4 members (excludes halogenated alkanes) is 2. The van der Waals surface area contributed by atoms with Crippen molar-refractivity contribution in [3.63, 3.8) is 0 Å². The number of carboxylic acid groups (broad SMARTS) is 1. The lowest BCUT2D eigenvalue weighted by Crippen LogP contribution is -2.22. The molecule has 1 aromatic heterocycles. The summed E-state index contributed by atoms with van der Waals surface area (Å²) in [7, 11) is 0. The van der Waals surface area contributed by atoms with Gasteiger partial charge in [0.1, 0.15) is 5.75 Å². The van der Waals surface area contributed by atoms with Gasteiger partial charge in [0.15, 0.2) is 6.61 Å². The standard InChI is InChI=1S/C26H34N2O4/c1-2-3-4-14-24(21-10-7-16-27-18-21)28-32-17-8-11-20-9-5-13-23-22(20)12-6-15-25(23)31-19-26(29)30/h6-8,10-12,15-16,18,20,24,28H,2-5,9,13-14,17,19H2,1H3,(H,29,30)/b11-8+. The monoisotopic (exact) mass is 438 g/mol. The molecular formula is C26H34N2O4. The molecule has 172 valence electrons. The van der Waals surface area contributed by atoms with Crippen LogP contribution in [0, 0.1) is 0 Å². The van der Waals surface area contributed by atoms with Gasteiger partial charge in [0, 0.05) is 18.3 Å². The summed E-state index contributed by atoms with van der Waals surface area (Å²) >= 11 is 0. The number of carboxylic acids is 1. The summed E-state index contributed by atoms with van der Waals surface area (Å²) in [4.78, 5) is 20.9. The number of fused-ring (bicyclic) bond motifs is 1. The molecule has 0 saturated heterocycles. The first kappa shape index (κ1) is 24.0. The van der Waals surface area contributed by atoms with E-state index >= 15 is 0 Å². The number of nitrogens with one attached hydrogen (secondary N) is 1. The van der Waals surface area contributed by atoms with Crippen molar-refractivity contribution >= 4 is 5.97 Å². The average Bonchev–Trinajstić information content (AvgIpc) is 2.82. The second-order valence-electron chi connectivity index (χ2n) is 8.20. The number of ether oxygens (including phenoxy) is 1. The van der Waals surface area contributed by atoms with Gasteiger partial charge in [0.2, 0.25) is 0 Å². The van der Waals surface area contributed by atoms with Crippen molar-refractivity contribution in [2.75, 3.05) is 13.2 Å². The Morgan fingerprint density at radius 1 is 1.31 bits per heavy atom. The molecule has 6 heteroatoms. The molecule has 0 amide bonds.